The second-order valence-electron chi connectivity index (χ2n) is 4.98. The Bertz CT molecular complexity index is 644. The fraction of sp³-hybridized carbons (Fsp3) is 0.250. The van der Waals surface area contributed by atoms with Gasteiger partial charge in [-0.05, 0) is 63.9 Å². The van der Waals surface area contributed by atoms with E-state index in [0.717, 1.165) is 35.8 Å². The van der Waals surface area contributed by atoms with Crippen LogP contribution in [0.4, 0.5) is 0 Å². The normalized spacial score (nSPS) is 14.8. The highest BCUT2D eigenvalue weighted by Crippen LogP contribution is 2.35. The van der Waals surface area contributed by atoms with E-state index in [-0.39, 0.29) is 6.04 Å². The van der Waals surface area contributed by atoms with Crippen molar-refractivity contribution >= 4 is 34.2 Å². The van der Waals surface area contributed by atoms with Crippen LogP contribution in [0.3, 0.4) is 0 Å². The number of hydrogen-bond donors (Lipinski definition) is 1. The topological polar surface area (TPSA) is 35.2 Å². The minimum absolute atomic E-state index is 0.0464. The van der Waals surface area contributed by atoms with Crippen molar-refractivity contribution in [1.82, 2.24) is 0 Å². The Morgan fingerprint density at radius 1 is 1.30 bits per heavy atom. The largest absolute Gasteiger partial charge is 0.493 e. The van der Waals surface area contributed by atoms with Crippen molar-refractivity contribution in [2.45, 2.75) is 18.9 Å². The van der Waals surface area contributed by atoms with Crippen LogP contribution < -0.4 is 10.5 Å². The Kier molecular flexibility index (Phi) is 4.19. The lowest BCUT2D eigenvalue weighted by atomic mass is 9.97. The molecule has 1 aliphatic rings. The molecule has 1 unspecified atom stereocenters. The van der Waals surface area contributed by atoms with Gasteiger partial charge in [-0.1, -0.05) is 29.8 Å². The van der Waals surface area contributed by atoms with E-state index in [2.05, 4.69) is 34.7 Å². The summed E-state index contributed by atoms with van der Waals surface area (Å²) in [6.07, 6.45) is 1.67. The molecule has 0 aliphatic carbocycles. The summed E-state index contributed by atoms with van der Waals surface area (Å²) in [5, 5.41) is 0.763. The van der Waals surface area contributed by atoms with Gasteiger partial charge < -0.3 is 10.5 Å². The van der Waals surface area contributed by atoms with E-state index in [9.17, 15) is 0 Å². The van der Waals surface area contributed by atoms with E-state index in [0.29, 0.717) is 0 Å². The first-order valence-corrected chi connectivity index (χ1v) is 8.05. The molecule has 2 aromatic carbocycles. The minimum Gasteiger partial charge on any atom is -0.493 e. The summed E-state index contributed by atoms with van der Waals surface area (Å²) < 4.78 is 6.93. The SMILES string of the molecule is NC(Cc1cc(Cl)cc2c1OCC2)c1ccccc1I. The molecule has 0 fully saturated rings. The van der Waals surface area contributed by atoms with Gasteiger partial charge in [-0.15, -0.1) is 0 Å². The monoisotopic (exact) mass is 399 g/mol. The lowest BCUT2D eigenvalue weighted by Crippen LogP contribution is -2.15. The van der Waals surface area contributed by atoms with E-state index in [1.165, 1.54) is 14.7 Å². The maximum absolute atomic E-state index is 6.37. The molecule has 2 nitrogen and oxygen atoms in total. The Labute approximate surface area is 137 Å². The zero-order chi connectivity index (χ0) is 14.1. The maximum atomic E-state index is 6.37. The van der Waals surface area contributed by atoms with Crippen molar-refractivity contribution < 1.29 is 4.74 Å². The average molecular weight is 400 g/mol. The molecule has 0 saturated carbocycles. The molecule has 1 aliphatic heterocycles. The predicted molar refractivity (Wildman–Crippen MR) is 90.4 cm³/mol. The van der Waals surface area contributed by atoms with Gasteiger partial charge in [0, 0.05) is 21.1 Å². The molecule has 0 amide bonds. The van der Waals surface area contributed by atoms with Gasteiger partial charge in [0.2, 0.25) is 0 Å². The molecule has 0 radical (unpaired) electrons. The average Bonchev–Trinajstić information content (AvgIpc) is 2.87. The number of rotatable bonds is 3. The van der Waals surface area contributed by atoms with Crippen LogP contribution in [0.1, 0.15) is 22.7 Å². The zero-order valence-corrected chi connectivity index (χ0v) is 13.8. The summed E-state index contributed by atoms with van der Waals surface area (Å²) in [6, 6.07) is 12.1. The number of fused-ring (bicyclic) bond motifs is 1. The van der Waals surface area contributed by atoms with Gasteiger partial charge in [-0.2, -0.15) is 0 Å². The Balaban J connectivity index is 1.90. The van der Waals surface area contributed by atoms with Crippen molar-refractivity contribution in [2.75, 3.05) is 6.61 Å². The second kappa shape index (κ2) is 5.92. The Morgan fingerprint density at radius 2 is 2.10 bits per heavy atom. The van der Waals surface area contributed by atoms with E-state index in [1.807, 2.05) is 24.3 Å². The van der Waals surface area contributed by atoms with Crippen LogP contribution in [0, 0.1) is 3.57 Å². The Morgan fingerprint density at radius 3 is 2.90 bits per heavy atom. The number of hydrogen-bond acceptors (Lipinski definition) is 2. The van der Waals surface area contributed by atoms with E-state index >= 15 is 0 Å². The van der Waals surface area contributed by atoms with Gasteiger partial charge in [-0.25, -0.2) is 0 Å². The fourth-order valence-corrected chi connectivity index (χ4v) is 3.67. The smallest absolute Gasteiger partial charge is 0.125 e. The molecular weight excluding hydrogens is 385 g/mol. The Hall–Kier alpha value is -0.780. The van der Waals surface area contributed by atoms with Crippen LogP contribution in [0.15, 0.2) is 36.4 Å². The van der Waals surface area contributed by atoms with Crippen molar-refractivity contribution in [3.8, 4) is 5.75 Å². The third-order valence-electron chi connectivity index (χ3n) is 3.57. The van der Waals surface area contributed by atoms with Gasteiger partial charge in [-0.3, -0.25) is 0 Å². The first-order chi connectivity index (χ1) is 9.65. The van der Waals surface area contributed by atoms with Crippen LogP contribution in [0.2, 0.25) is 5.02 Å². The molecule has 1 heterocycles. The minimum atomic E-state index is -0.0464. The van der Waals surface area contributed by atoms with Gasteiger partial charge >= 0.3 is 0 Å². The summed E-state index contributed by atoms with van der Waals surface area (Å²) >= 11 is 8.52. The van der Waals surface area contributed by atoms with Gasteiger partial charge in [0.25, 0.3) is 0 Å². The van der Waals surface area contributed by atoms with Crippen LogP contribution in [-0.4, -0.2) is 6.61 Å². The standard InChI is InChI=1S/C16H15ClINO/c17-12-7-10-5-6-20-16(10)11(8-12)9-15(19)13-3-1-2-4-14(13)18/h1-4,7-8,15H,5-6,9,19H2. The van der Waals surface area contributed by atoms with Crippen molar-refractivity contribution in [2.24, 2.45) is 5.73 Å². The number of benzene rings is 2. The second-order valence-corrected chi connectivity index (χ2v) is 6.58. The lowest BCUT2D eigenvalue weighted by Gasteiger charge is -2.16. The van der Waals surface area contributed by atoms with E-state index in [4.69, 9.17) is 22.1 Å². The summed E-state index contributed by atoms with van der Waals surface area (Å²) in [5.74, 6) is 0.982. The highest BCUT2D eigenvalue weighted by Gasteiger charge is 2.20. The highest BCUT2D eigenvalue weighted by atomic mass is 127. The van der Waals surface area contributed by atoms with Crippen LogP contribution in [0.5, 0.6) is 5.75 Å². The molecule has 0 bridgehead atoms. The van der Waals surface area contributed by atoms with Crippen LogP contribution in [0.25, 0.3) is 0 Å². The van der Waals surface area contributed by atoms with E-state index < -0.39 is 0 Å². The first kappa shape index (κ1) is 14.2. The molecule has 104 valence electrons. The molecule has 0 saturated heterocycles. The van der Waals surface area contributed by atoms with Crippen molar-refractivity contribution in [1.29, 1.82) is 0 Å². The third kappa shape index (κ3) is 2.80. The van der Waals surface area contributed by atoms with Crippen molar-refractivity contribution in [3.63, 3.8) is 0 Å². The van der Waals surface area contributed by atoms with Gasteiger partial charge in [0.05, 0.1) is 6.61 Å². The maximum Gasteiger partial charge on any atom is 0.125 e. The molecule has 20 heavy (non-hydrogen) atoms. The highest BCUT2D eigenvalue weighted by molar-refractivity contribution is 14.1. The molecule has 1 atom stereocenters. The molecular formula is C16H15ClINO. The molecule has 0 spiro atoms. The number of halogens is 2. The molecule has 2 aromatic rings. The summed E-state index contributed by atoms with van der Waals surface area (Å²) in [6.45, 7) is 0.737. The molecule has 4 heteroatoms. The summed E-state index contributed by atoms with van der Waals surface area (Å²) in [5.41, 5.74) is 9.84. The first-order valence-electron chi connectivity index (χ1n) is 6.59. The van der Waals surface area contributed by atoms with Crippen LogP contribution >= 0.6 is 34.2 Å². The molecule has 3 rings (SSSR count). The van der Waals surface area contributed by atoms with Gasteiger partial charge in [0.15, 0.2) is 0 Å². The fourth-order valence-electron chi connectivity index (χ4n) is 2.62. The lowest BCUT2D eigenvalue weighted by molar-refractivity contribution is 0.352. The number of nitrogens with two attached hydrogens (primary N) is 1. The van der Waals surface area contributed by atoms with Gasteiger partial charge in [0.1, 0.15) is 5.75 Å². The van der Waals surface area contributed by atoms with E-state index in [1.54, 1.807) is 0 Å². The van der Waals surface area contributed by atoms with Crippen LogP contribution in [-0.2, 0) is 12.8 Å². The predicted octanol–water partition coefficient (Wildman–Crippen LogP) is 4.12. The number of ether oxygens (including phenoxy) is 1. The summed E-state index contributed by atoms with van der Waals surface area (Å²) in [7, 11) is 0. The summed E-state index contributed by atoms with van der Waals surface area (Å²) in [4.78, 5) is 0. The quantitative estimate of drug-likeness (QED) is 0.788. The molecule has 0 aromatic heterocycles. The molecule has 2 N–H and O–H groups in total. The zero-order valence-electron chi connectivity index (χ0n) is 10.9. The third-order valence-corrected chi connectivity index (χ3v) is 4.77. The van der Waals surface area contributed by atoms with Crippen molar-refractivity contribution in [3.05, 3.63) is 61.7 Å².